The van der Waals surface area contributed by atoms with Gasteiger partial charge in [0, 0.05) is 0 Å². The average molecular weight is 311 g/mol. The lowest BCUT2D eigenvalue weighted by molar-refractivity contribution is 0.414. The number of methoxy groups -OCH3 is 2. The van der Waals surface area contributed by atoms with E-state index in [1.807, 2.05) is 36.4 Å². The van der Waals surface area contributed by atoms with Gasteiger partial charge in [0.2, 0.25) is 0 Å². The molecule has 2 aromatic rings. The summed E-state index contributed by atoms with van der Waals surface area (Å²) in [5.41, 5.74) is 2.30. The number of ether oxygens (including phenoxy) is 2. The molecular weight excluding hydrogens is 288 g/mol. The summed E-state index contributed by atoms with van der Waals surface area (Å²) in [6, 6.07) is 16.3. The zero-order chi connectivity index (χ0) is 16.2. The fourth-order valence-corrected chi connectivity index (χ4v) is 3.82. The van der Waals surface area contributed by atoms with Crippen LogP contribution in [0, 0.1) is 6.08 Å². The number of hydrogen-bond acceptors (Lipinski definition) is 2. The summed E-state index contributed by atoms with van der Waals surface area (Å²) in [7, 11) is 1.84. The maximum Gasteiger partial charge on any atom is 0.118 e. The van der Waals surface area contributed by atoms with Gasteiger partial charge >= 0.3 is 0 Å². The van der Waals surface area contributed by atoms with Gasteiger partial charge in [0.05, 0.1) is 22.3 Å². The molecule has 2 nitrogen and oxygen atoms in total. The highest BCUT2D eigenvalue weighted by atomic mass is 28.3. The minimum atomic E-state index is -1.53. The number of hydrogen-bond donors (Lipinski definition) is 0. The summed E-state index contributed by atoms with van der Waals surface area (Å²) in [6.07, 6.45) is 3.61. The van der Waals surface area contributed by atoms with E-state index in [0.717, 1.165) is 17.1 Å². The van der Waals surface area contributed by atoms with Crippen LogP contribution >= 0.6 is 0 Å². The number of rotatable bonds is 5. The van der Waals surface area contributed by atoms with Crippen molar-refractivity contribution in [3.05, 3.63) is 65.7 Å². The van der Waals surface area contributed by atoms with Crippen molar-refractivity contribution in [3.8, 4) is 11.5 Å². The second-order valence-corrected chi connectivity index (χ2v) is 11.2. The summed E-state index contributed by atoms with van der Waals surface area (Å²) < 4.78 is 10.5. The van der Waals surface area contributed by atoms with Crippen molar-refractivity contribution in [2.75, 3.05) is 14.2 Å². The summed E-state index contributed by atoms with van der Waals surface area (Å²) >= 11 is 0. The van der Waals surface area contributed by atoms with E-state index in [4.69, 9.17) is 9.47 Å². The molecule has 3 heteroatoms. The molecule has 2 aromatic carbocycles. The van der Waals surface area contributed by atoms with E-state index in [1.165, 1.54) is 10.8 Å². The molecule has 115 valence electrons. The Labute approximate surface area is 134 Å². The Kier molecular flexibility index (Phi) is 5.09. The van der Waals surface area contributed by atoms with Gasteiger partial charge in [-0.25, -0.2) is 0 Å². The smallest absolute Gasteiger partial charge is 0.118 e. The monoisotopic (exact) mass is 311 g/mol. The van der Waals surface area contributed by atoms with Crippen molar-refractivity contribution in [1.29, 1.82) is 0 Å². The third-order valence-electron chi connectivity index (χ3n) is 3.49. The highest BCUT2D eigenvalue weighted by molar-refractivity contribution is 6.93. The average Bonchev–Trinajstić information content (AvgIpc) is 2.52. The molecule has 0 spiro atoms. The van der Waals surface area contributed by atoms with Gasteiger partial charge < -0.3 is 9.47 Å². The van der Waals surface area contributed by atoms with E-state index >= 15 is 0 Å². The van der Waals surface area contributed by atoms with Crippen molar-refractivity contribution >= 4 is 13.3 Å². The Balaban J connectivity index is 2.42. The molecule has 0 aliphatic carbocycles. The van der Waals surface area contributed by atoms with E-state index in [9.17, 15) is 0 Å². The van der Waals surface area contributed by atoms with Crippen LogP contribution in [-0.2, 0) is 0 Å². The minimum Gasteiger partial charge on any atom is -0.497 e. The Morgan fingerprint density at radius 2 is 1.23 bits per heavy atom. The van der Waals surface area contributed by atoms with Crippen molar-refractivity contribution in [2.24, 2.45) is 0 Å². The standard InChI is InChI=1S/C19H23O2Si/c1-20-17-10-6-15(7-11-17)14-19(22(3,4)5)16-8-12-18(21-2)13-9-16/h6-13H,1-5H3. The molecule has 0 unspecified atom stereocenters. The molecule has 0 fully saturated rings. The van der Waals surface area contributed by atoms with E-state index in [2.05, 4.69) is 37.8 Å². The Morgan fingerprint density at radius 1 is 0.773 bits per heavy atom. The maximum atomic E-state index is 5.25. The van der Waals surface area contributed by atoms with Crippen LogP contribution in [0.3, 0.4) is 0 Å². The first kappa shape index (κ1) is 16.4. The maximum absolute atomic E-state index is 5.25. The molecule has 0 atom stereocenters. The molecule has 0 heterocycles. The van der Waals surface area contributed by atoms with E-state index in [0.29, 0.717) is 0 Å². The molecule has 0 saturated carbocycles. The van der Waals surface area contributed by atoms with Gasteiger partial charge in [-0.3, -0.25) is 0 Å². The lowest BCUT2D eigenvalue weighted by Crippen LogP contribution is -2.23. The zero-order valence-electron chi connectivity index (χ0n) is 13.9. The summed E-state index contributed by atoms with van der Waals surface area (Å²) in [5.74, 6) is 1.74. The summed E-state index contributed by atoms with van der Waals surface area (Å²) in [4.78, 5) is 0. The Morgan fingerprint density at radius 3 is 1.64 bits per heavy atom. The van der Waals surface area contributed by atoms with Crippen LogP contribution in [0.15, 0.2) is 48.5 Å². The van der Waals surface area contributed by atoms with Crippen LogP contribution in [0.4, 0.5) is 0 Å². The molecule has 22 heavy (non-hydrogen) atoms. The molecular formula is C19H23O2Si. The molecule has 0 saturated heterocycles. The highest BCUT2D eigenvalue weighted by Gasteiger charge is 2.21. The van der Waals surface area contributed by atoms with Gasteiger partial charge in [-0.2, -0.15) is 0 Å². The third-order valence-corrected chi connectivity index (χ3v) is 5.40. The first-order chi connectivity index (χ1) is 10.4. The van der Waals surface area contributed by atoms with Crippen LogP contribution in [-0.4, -0.2) is 22.3 Å². The van der Waals surface area contributed by atoms with Crippen molar-refractivity contribution in [3.63, 3.8) is 0 Å². The van der Waals surface area contributed by atoms with Crippen LogP contribution < -0.4 is 9.47 Å². The molecule has 0 bridgehead atoms. The fraction of sp³-hybridized carbons (Fsp3) is 0.263. The van der Waals surface area contributed by atoms with Gasteiger partial charge in [-0.15, -0.1) is 0 Å². The largest absolute Gasteiger partial charge is 0.497 e. The second-order valence-electron chi connectivity index (χ2n) is 6.21. The number of benzene rings is 2. The van der Waals surface area contributed by atoms with Gasteiger partial charge in [0.15, 0.2) is 0 Å². The fourth-order valence-electron chi connectivity index (χ4n) is 2.27. The van der Waals surface area contributed by atoms with Gasteiger partial charge in [0.25, 0.3) is 0 Å². The molecule has 0 amide bonds. The van der Waals surface area contributed by atoms with Gasteiger partial charge in [0.1, 0.15) is 11.5 Å². The van der Waals surface area contributed by atoms with Crippen LogP contribution in [0.1, 0.15) is 11.1 Å². The SMILES string of the molecule is COc1ccc([C]=C(c2ccc(OC)cc2)[Si](C)(C)C)cc1. The van der Waals surface area contributed by atoms with Crippen LogP contribution in [0.5, 0.6) is 11.5 Å². The highest BCUT2D eigenvalue weighted by Crippen LogP contribution is 2.28. The van der Waals surface area contributed by atoms with E-state index in [-0.39, 0.29) is 0 Å². The molecule has 1 radical (unpaired) electrons. The molecule has 2 rings (SSSR count). The van der Waals surface area contributed by atoms with Gasteiger partial charge in [-0.1, -0.05) is 43.9 Å². The minimum absolute atomic E-state index is 0.865. The van der Waals surface area contributed by atoms with Crippen LogP contribution in [0.2, 0.25) is 19.6 Å². The summed E-state index contributed by atoms with van der Waals surface area (Å²) in [6.45, 7) is 7.01. The van der Waals surface area contributed by atoms with E-state index in [1.54, 1.807) is 14.2 Å². The first-order valence-electron chi connectivity index (χ1n) is 7.37. The Hall–Kier alpha value is -2.00. The van der Waals surface area contributed by atoms with Crippen molar-refractivity contribution in [2.45, 2.75) is 19.6 Å². The lowest BCUT2D eigenvalue weighted by atomic mass is 10.1. The normalized spacial score (nSPS) is 12.1. The molecule has 0 aliphatic rings. The molecule has 0 aliphatic heterocycles. The van der Waals surface area contributed by atoms with Crippen LogP contribution in [0.25, 0.3) is 5.20 Å². The van der Waals surface area contributed by atoms with Crippen molar-refractivity contribution in [1.82, 2.24) is 0 Å². The second kappa shape index (κ2) is 6.84. The third kappa shape index (κ3) is 4.01. The molecule has 0 N–H and O–H groups in total. The topological polar surface area (TPSA) is 18.5 Å². The lowest BCUT2D eigenvalue weighted by Gasteiger charge is -2.21. The first-order valence-corrected chi connectivity index (χ1v) is 10.9. The van der Waals surface area contributed by atoms with E-state index < -0.39 is 8.07 Å². The predicted octanol–water partition coefficient (Wildman–Crippen LogP) is 4.82. The zero-order valence-corrected chi connectivity index (χ0v) is 14.9. The Bertz CT molecular complexity index is 635. The quantitative estimate of drug-likeness (QED) is 0.582. The van der Waals surface area contributed by atoms with Gasteiger partial charge in [-0.05, 0) is 46.7 Å². The predicted molar refractivity (Wildman–Crippen MR) is 95.1 cm³/mol. The molecule has 0 aromatic heterocycles. The summed E-state index contributed by atoms with van der Waals surface area (Å²) in [5, 5.41) is 1.31. The van der Waals surface area contributed by atoms with Crippen molar-refractivity contribution < 1.29 is 9.47 Å².